The summed E-state index contributed by atoms with van der Waals surface area (Å²) in [5, 5.41) is 3.27. The molecular weight excluding hydrogens is 370 g/mol. The maximum atomic E-state index is 12.9. The highest BCUT2D eigenvalue weighted by molar-refractivity contribution is 5.85. The lowest BCUT2D eigenvalue weighted by atomic mass is 9.89. The van der Waals surface area contributed by atoms with Crippen molar-refractivity contribution in [3.8, 4) is 0 Å². The first-order valence-corrected chi connectivity index (χ1v) is 10.8. The Bertz CT molecular complexity index is 800. The van der Waals surface area contributed by atoms with Crippen molar-refractivity contribution in [3.05, 3.63) is 34.7 Å². The van der Waals surface area contributed by atoms with E-state index in [2.05, 4.69) is 5.32 Å². The second kappa shape index (κ2) is 8.30. The molecule has 3 fully saturated rings. The van der Waals surface area contributed by atoms with Crippen molar-refractivity contribution in [2.75, 3.05) is 19.7 Å². The molecule has 2 unspecified atom stereocenters. The van der Waals surface area contributed by atoms with Crippen LogP contribution in [0.15, 0.2) is 29.2 Å². The zero-order chi connectivity index (χ0) is 20.4. The Morgan fingerprint density at radius 1 is 1.21 bits per heavy atom. The number of ether oxygens (including phenoxy) is 1. The largest absolute Gasteiger partial charge is 0.365 e. The summed E-state index contributed by atoms with van der Waals surface area (Å²) in [6, 6.07) is 5.15. The van der Waals surface area contributed by atoms with Gasteiger partial charge in [-0.15, -0.1) is 0 Å². The molecule has 29 heavy (non-hydrogen) atoms. The molecule has 7 nitrogen and oxygen atoms in total. The van der Waals surface area contributed by atoms with Gasteiger partial charge < -0.3 is 19.5 Å². The number of aryl methyl sites for hydroxylation is 1. The predicted molar refractivity (Wildman–Crippen MR) is 108 cm³/mol. The molecule has 2 saturated heterocycles. The average Bonchev–Trinajstić information content (AvgIpc) is 2.95. The van der Waals surface area contributed by atoms with Crippen LogP contribution in [-0.4, -0.2) is 52.6 Å². The Balaban J connectivity index is 1.32. The molecule has 1 aromatic rings. The minimum atomic E-state index is -0.715. The number of pyridine rings is 1. The molecule has 1 N–H and O–H groups in total. The number of hydrogen-bond acceptors (Lipinski definition) is 4. The molecule has 7 heteroatoms. The van der Waals surface area contributed by atoms with Gasteiger partial charge in [-0.2, -0.15) is 0 Å². The van der Waals surface area contributed by atoms with E-state index in [4.69, 9.17) is 4.74 Å². The molecule has 0 aromatic carbocycles. The zero-order valence-electron chi connectivity index (χ0n) is 17.1. The van der Waals surface area contributed by atoms with Gasteiger partial charge in [-0.25, -0.2) is 0 Å². The van der Waals surface area contributed by atoms with Gasteiger partial charge in [-0.05, 0) is 56.9 Å². The van der Waals surface area contributed by atoms with E-state index in [0.717, 1.165) is 32.1 Å². The summed E-state index contributed by atoms with van der Waals surface area (Å²) in [7, 11) is 0. The normalized spacial score (nSPS) is 31.5. The van der Waals surface area contributed by atoms with Crippen LogP contribution in [0.5, 0.6) is 0 Å². The van der Waals surface area contributed by atoms with Crippen molar-refractivity contribution < 1.29 is 14.3 Å². The van der Waals surface area contributed by atoms with Crippen LogP contribution in [0.1, 0.15) is 45.4 Å². The minimum Gasteiger partial charge on any atom is -0.365 e. The standard InChI is InChI=1S/C22H31N3O4/c1-22(10-3-5-13-29-22)21(28)23-20-16-7-8-17(20)15-25(14-16)19(27)9-12-24-11-4-2-6-18(24)26/h2,4,6,11,16-17,20H,3,5,7-10,12-15H2,1H3,(H,23,28)/t16-,17+,20?,22?. The SMILES string of the molecule is CC1(C(=O)NC2[C@@H]3CC[C@H]2CN(C(=O)CCn2ccccc2=O)C3)CCCCO1. The number of fused-ring (bicyclic) bond motifs is 2. The van der Waals surface area contributed by atoms with E-state index in [1.165, 1.54) is 6.07 Å². The summed E-state index contributed by atoms with van der Waals surface area (Å²) in [4.78, 5) is 39.3. The molecular formula is C22H31N3O4. The molecule has 1 aromatic heterocycles. The summed E-state index contributed by atoms with van der Waals surface area (Å²) in [5.74, 6) is 0.689. The number of piperidine rings is 1. The summed E-state index contributed by atoms with van der Waals surface area (Å²) in [6.07, 6.45) is 6.92. The van der Waals surface area contributed by atoms with Crippen LogP contribution in [0.2, 0.25) is 0 Å². The molecule has 2 amide bonds. The van der Waals surface area contributed by atoms with E-state index < -0.39 is 5.60 Å². The lowest BCUT2D eigenvalue weighted by Crippen LogP contribution is -2.58. The number of aromatic nitrogens is 1. The third kappa shape index (κ3) is 4.25. The van der Waals surface area contributed by atoms with Gasteiger partial charge in [0.2, 0.25) is 5.91 Å². The van der Waals surface area contributed by atoms with Gasteiger partial charge in [0.1, 0.15) is 5.60 Å². The zero-order valence-corrected chi connectivity index (χ0v) is 17.1. The fourth-order valence-corrected chi connectivity index (χ4v) is 5.10. The first-order chi connectivity index (χ1) is 14.0. The Morgan fingerprint density at radius 2 is 1.97 bits per heavy atom. The number of amides is 2. The summed E-state index contributed by atoms with van der Waals surface area (Å²) >= 11 is 0. The van der Waals surface area contributed by atoms with Crippen LogP contribution in [0.25, 0.3) is 0 Å². The van der Waals surface area contributed by atoms with E-state index >= 15 is 0 Å². The number of rotatable bonds is 5. The number of carbonyl (C=O) groups is 2. The van der Waals surface area contributed by atoms with E-state index in [9.17, 15) is 14.4 Å². The second-order valence-electron chi connectivity index (χ2n) is 8.91. The van der Waals surface area contributed by atoms with Crippen molar-refractivity contribution in [1.29, 1.82) is 0 Å². The van der Waals surface area contributed by atoms with Gasteiger partial charge in [0.05, 0.1) is 0 Å². The third-order valence-electron chi connectivity index (χ3n) is 6.90. The van der Waals surface area contributed by atoms with Gasteiger partial charge >= 0.3 is 0 Å². The minimum absolute atomic E-state index is 0.00216. The summed E-state index contributed by atoms with van der Waals surface area (Å²) in [5.41, 5.74) is -0.798. The summed E-state index contributed by atoms with van der Waals surface area (Å²) < 4.78 is 7.37. The predicted octanol–water partition coefficient (Wildman–Crippen LogP) is 1.55. The molecule has 3 heterocycles. The Kier molecular flexibility index (Phi) is 5.76. The number of nitrogens with zero attached hydrogens (tertiary/aromatic N) is 2. The number of nitrogens with one attached hydrogen (secondary N) is 1. The Labute approximate surface area is 171 Å². The molecule has 1 saturated carbocycles. The topological polar surface area (TPSA) is 80.6 Å². The van der Waals surface area contributed by atoms with Gasteiger partial charge in [0, 0.05) is 51.0 Å². The Morgan fingerprint density at radius 3 is 2.62 bits per heavy atom. The molecule has 1 aliphatic carbocycles. The molecule has 4 rings (SSSR count). The highest BCUT2D eigenvalue weighted by Crippen LogP contribution is 2.38. The van der Waals surface area contributed by atoms with Gasteiger partial charge in [-0.3, -0.25) is 14.4 Å². The van der Waals surface area contributed by atoms with Crippen LogP contribution in [-0.2, 0) is 20.9 Å². The first kappa shape index (κ1) is 20.1. The van der Waals surface area contributed by atoms with E-state index in [1.54, 1.807) is 22.9 Å². The van der Waals surface area contributed by atoms with Crippen molar-refractivity contribution >= 4 is 11.8 Å². The number of hydrogen-bond donors (Lipinski definition) is 1. The summed E-state index contributed by atoms with van der Waals surface area (Å²) in [6.45, 7) is 4.31. The second-order valence-corrected chi connectivity index (χ2v) is 8.91. The van der Waals surface area contributed by atoms with Crippen LogP contribution in [0.4, 0.5) is 0 Å². The monoisotopic (exact) mass is 401 g/mol. The van der Waals surface area contributed by atoms with Gasteiger partial charge in [0.15, 0.2) is 0 Å². The maximum Gasteiger partial charge on any atom is 0.252 e. The third-order valence-corrected chi connectivity index (χ3v) is 6.90. The quantitative estimate of drug-likeness (QED) is 0.812. The van der Waals surface area contributed by atoms with Crippen molar-refractivity contribution in [3.63, 3.8) is 0 Å². The number of likely N-dealkylation sites (tertiary alicyclic amines) is 1. The lowest BCUT2D eigenvalue weighted by Gasteiger charge is -2.40. The van der Waals surface area contributed by atoms with Crippen molar-refractivity contribution in [2.45, 2.75) is 63.6 Å². The van der Waals surface area contributed by atoms with E-state index in [1.807, 2.05) is 11.8 Å². The van der Waals surface area contributed by atoms with E-state index in [-0.39, 0.29) is 23.4 Å². The fourth-order valence-electron chi connectivity index (χ4n) is 5.10. The van der Waals surface area contributed by atoms with E-state index in [0.29, 0.717) is 44.5 Å². The van der Waals surface area contributed by atoms with Gasteiger partial charge in [0.25, 0.3) is 11.5 Å². The maximum absolute atomic E-state index is 12.9. The molecule has 2 bridgehead atoms. The average molecular weight is 402 g/mol. The molecule has 158 valence electrons. The van der Waals surface area contributed by atoms with Crippen LogP contribution in [0, 0.1) is 11.8 Å². The molecule has 3 aliphatic rings. The fraction of sp³-hybridized carbons (Fsp3) is 0.682. The van der Waals surface area contributed by atoms with Crippen LogP contribution in [0.3, 0.4) is 0 Å². The first-order valence-electron chi connectivity index (χ1n) is 10.8. The van der Waals surface area contributed by atoms with Crippen molar-refractivity contribution in [1.82, 2.24) is 14.8 Å². The highest BCUT2D eigenvalue weighted by atomic mass is 16.5. The molecule has 0 radical (unpaired) electrons. The molecule has 0 spiro atoms. The Hall–Kier alpha value is -2.15. The van der Waals surface area contributed by atoms with Crippen LogP contribution >= 0.6 is 0 Å². The van der Waals surface area contributed by atoms with Crippen molar-refractivity contribution in [2.24, 2.45) is 11.8 Å². The molecule has 2 aliphatic heterocycles. The van der Waals surface area contributed by atoms with Crippen LogP contribution < -0.4 is 10.9 Å². The lowest BCUT2D eigenvalue weighted by molar-refractivity contribution is -0.152. The smallest absolute Gasteiger partial charge is 0.252 e. The number of carbonyl (C=O) groups excluding carboxylic acids is 2. The highest BCUT2D eigenvalue weighted by Gasteiger charge is 2.46. The van der Waals surface area contributed by atoms with Gasteiger partial charge in [-0.1, -0.05) is 6.07 Å². The molecule has 4 atom stereocenters.